The summed E-state index contributed by atoms with van der Waals surface area (Å²) in [6.07, 6.45) is 0. The van der Waals surface area contributed by atoms with E-state index in [0.717, 1.165) is 18.3 Å². The van der Waals surface area contributed by atoms with Gasteiger partial charge >= 0.3 is 0 Å². The molecule has 2 aromatic rings. The summed E-state index contributed by atoms with van der Waals surface area (Å²) in [5.74, 6) is 1.57. The number of hydrogen-bond donors (Lipinski definition) is 2. The van der Waals surface area contributed by atoms with Crippen LogP contribution in [0.3, 0.4) is 0 Å². The molecule has 0 aliphatic rings. The molecule has 0 bridgehead atoms. The molecule has 0 aromatic heterocycles. The predicted octanol–water partition coefficient (Wildman–Crippen LogP) is 3.01. The van der Waals surface area contributed by atoms with Crippen LogP contribution < -0.4 is 15.4 Å². The molecule has 7 heteroatoms. The van der Waals surface area contributed by atoms with Crippen LogP contribution in [0.25, 0.3) is 0 Å². The Morgan fingerprint density at radius 1 is 1.04 bits per heavy atom. The molecule has 0 radical (unpaired) electrons. The summed E-state index contributed by atoms with van der Waals surface area (Å²) in [4.78, 5) is 18.6. The normalized spacial score (nSPS) is 10.6. The molecule has 0 unspecified atom stereocenters. The monoisotopic (exact) mass is 496 g/mol. The molecule has 0 fully saturated rings. The van der Waals surface area contributed by atoms with Gasteiger partial charge in [0.1, 0.15) is 12.4 Å². The number of nitrogens with one attached hydrogen (secondary N) is 2. The van der Waals surface area contributed by atoms with Gasteiger partial charge in [-0.3, -0.25) is 9.79 Å². The zero-order valence-corrected chi connectivity index (χ0v) is 18.8. The first-order valence-electron chi connectivity index (χ1n) is 9.21. The molecular weight excluding hydrogens is 467 g/mol. The third-order valence-electron chi connectivity index (χ3n) is 3.83. The number of amides is 1. The molecule has 6 nitrogen and oxygen atoms in total. The Hall–Kier alpha value is -2.29. The van der Waals surface area contributed by atoms with E-state index in [1.54, 1.807) is 12.1 Å². The minimum absolute atomic E-state index is 0. The van der Waals surface area contributed by atoms with E-state index in [0.29, 0.717) is 31.8 Å². The van der Waals surface area contributed by atoms with Crippen molar-refractivity contribution in [3.8, 4) is 5.75 Å². The summed E-state index contributed by atoms with van der Waals surface area (Å²) in [6, 6.07) is 18.9. The number of guanidine groups is 1. The first-order valence-corrected chi connectivity index (χ1v) is 9.21. The number of ether oxygens (including phenoxy) is 1. The lowest BCUT2D eigenvalue weighted by atomic mass is 10.2. The van der Waals surface area contributed by atoms with Gasteiger partial charge < -0.3 is 20.3 Å². The highest BCUT2D eigenvalue weighted by Gasteiger charge is 2.06. The second-order valence-corrected chi connectivity index (χ2v) is 5.94. The lowest BCUT2D eigenvalue weighted by molar-refractivity contribution is 0.0955. The summed E-state index contributed by atoms with van der Waals surface area (Å²) >= 11 is 0. The van der Waals surface area contributed by atoms with Crippen molar-refractivity contribution in [2.45, 2.75) is 6.92 Å². The van der Waals surface area contributed by atoms with Crippen molar-refractivity contribution < 1.29 is 9.53 Å². The zero-order chi connectivity index (χ0) is 19.3. The number of benzene rings is 2. The van der Waals surface area contributed by atoms with E-state index in [9.17, 15) is 4.79 Å². The number of hydrogen-bond acceptors (Lipinski definition) is 3. The number of aliphatic imine (C=N–C) groups is 1. The molecule has 1 amide bonds. The van der Waals surface area contributed by atoms with Crippen molar-refractivity contribution in [1.82, 2.24) is 15.5 Å². The smallest absolute Gasteiger partial charge is 0.251 e. The van der Waals surface area contributed by atoms with E-state index < -0.39 is 0 Å². The number of para-hydroxylation sites is 1. The molecule has 28 heavy (non-hydrogen) atoms. The van der Waals surface area contributed by atoms with Crippen LogP contribution in [0.2, 0.25) is 0 Å². The van der Waals surface area contributed by atoms with Crippen molar-refractivity contribution in [2.24, 2.45) is 4.99 Å². The van der Waals surface area contributed by atoms with Crippen LogP contribution >= 0.6 is 24.0 Å². The molecule has 152 valence electrons. The van der Waals surface area contributed by atoms with Crippen molar-refractivity contribution >= 4 is 35.8 Å². The Morgan fingerprint density at radius 2 is 1.68 bits per heavy atom. The van der Waals surface area contributed by atoms with Gasteiger partial charge in [-0.15, -0.1) is 24.0 Å². The zero-order valence-electron chi connectivity index (χ0n) is 16.4. The number of halogens is 1. The molecule has 0 saturated carbocycles. The van der Waals surface area contributed by atoms with Crippen LogP contribution in [0.15, 0.2) is 65.7 Å². The fourth-order valence-corrected chi connectivity index (χ4v) is 2.42. The summed E-state index contributed by atoms with van der Waals surface area (Å²) in [5.41, 5.74) is 0.656. The SMILES string of the molecule is CCNC(=NCCNC(=O)c1ccccc1)N(C)CCOc1ccccc1.I. The second kappa shape index (κ2) is 13.8. The van der Waals surface area contributed by atoms with Gasteiger partial charge in [0.15, 0.2) is 5.96 Å². The number of rotatable bonds is 9. The van der Waals surface area contributed by atoms with Crippen molar-refractivity contribution in [2.75, 3.05) is 39.8 Å². The second-order valence-electron chi connectivity index (χ2n) is 5.94. The highest BCUT2D eigenvalue weighted by Crippen LogP contribution is 2.07. The van der Waals surface area contributed by atoms with Crippen molar-refractivity contribution in [1.29, 1.82) is 0 Å². The number of nitrogens with zero attached hydrogens (tertiary/aromatic N) is 2. The van der Waals surface area contributed by atoms with Crippen molar-refractivity contribution in [3.05, 3.63) is 66.2 Å². The first kappa shape index (κ1) is 23.7. The Morgan fingerprint density at radius 3 is 2.32 bits per heavy atom. The maximum absolute atomic E-state index is 12.0. The predicted molar refractivity (Wildman–Crippen MR) is 125 cm³/mol. The van der Waals surface area contributed by atoms with E-state index in [1.165, 1.54) is 0 Å². The van der Waals surface area contributed by atoms with E-state index in [4.69, 9.17) is 4.74 Å². The minimum Gasteiger partial charge on any atom is -0.492 e. The molecule has 0 saturated heterocycles. The van der Waals surface area contributed by atoms with Gasteiger partial charge in [0.05, 0.1) is 13.1 Å². The van der Waals surface area contributed by atoms with E-state index in [2.05, 4.69) is 15.6 Å². The highest BCUT2D eigenvalue weighted by molar-refractivity contribution is 14.0. The van der Waals surface area contributed by atoms with Crippen LogP contribution in [-0.4, -0.2) is 56.6 Å². The lowest BCUT2D eigenvalue weighted by Gasteiger charge is -2.22. The third-order valence-corrected chi connectivity index (χ3v) is 3.83. The van der Waals surface area contributed by atoms with Gasteiger partial charge in [0.25, 0.3) is 5.91 Å². The van der Waals surface area contributed by atoms with Gasteiger partial charge in [-0.2, -0.15) is 0 Å². The molecule has 2 aromatic carbocycles. The summed E-state index contributed by atoms with van der Waals surface area (Å²) in [6.45, 7) is 5.06. The molecule has 2 N–H and O–H groups in total. The Labute approximate surface area is 184 Å². The standard InChI is InChI=1S/C21H28N4O2.HI/c1-3-22-21(25(2)16-17-27-19-12-8-5-9-13-19)24-15-14-23-20(26)18-10-6-4-7-11-18;/h4-13H,3,14-17H2,1-2H3,(H,22,24)(H,23,26);1H. The molecule has 0 atom stereocenters. The lowest BCUT2D eigenvalue weighted by Crippen LogP contribution is -2.41. The van der Waals surface area contributed by atoms with Crippen molar-refractivity contribution in [3.63, 3.8) is 0 Å². The van der Waals surface area contributed by atoms with Gasteiger partial charge in [-0.05, 0) is 31.2 Å². The third kappa shape index (κ3) is 8.60. The quantitative estimate of drug-likeness (QED) is 0.243. The van der Waals surface area contributed by atoms with Crippen LogP contribution in [0, 0.1) is 0 Å². The van der Waals surface area contributed by atoms with E-state index in [1.807, 2.05) is 67.4 Å². The van der Waals surface area contributed by atoms with E-state index in [-0.39, 0.29) is 29.9 Å². The summed E-state index contributed by atoms with van der Waals surface area (Å²) in [5, 5.41) is 6.14. The fourth-order valence-electron chi connectivity index (χ4n) is 2.42. The Balaban J connectivity index is 0.00000392. The average Bonchev–Trinajstić information content (AvgIpc) is 2.71. The minimum atomic E-state index is -0.0829. The van der Waals surface area contributed by atoms with Gasteiger partial charge in [-0.25, -0.2) is 0 Å². The topological polar surface area (TPSA) is 66.0 Å². The highest BCUT2D eigenvalue weighted by atomic mass is 127. The first-order chi connectivity index (χ1) is 13.2. The Bertz CT molecular complexity index is 711. The van der Waals surface area contributed by atoms with Gasteiger partial charge in [0.2, 0.25) is 0 Å². The molecule has 0 aliphatic heterocycles. The maximum atomic E-state index is 12.0. The van der Waals surface area contributed by atoms with Crippen LogP contribution in [-0.2, 0) is 0 Å². The van der Waals surface area contributed by atoms with Gasteiger partial charge in [0, 0.05) is 25.7 Å². The van der Waals surface area contributed by atoms with Crippen LogP contribution in [0.1, 0.15) is 17.3 Å². The van der Waals surface area contributed by atoms with Gasteiger partial charge in [-0.1, -0.05) is 36.4 Å². The number of likely N-dealkylation sites (N-methyl/N-ethyl adjacent to an activating group) is 1. The summed E-state index contributed by atoms with van der Waals surface area (Å²) in [7, 11) is 1.97. The molecule has 2 rings (SSSR count). The largest absolute Gasteiger partial charge is 0.492 e. The maximum Gasteiger partial charge on any atom is 0.251 e. The molecule has 0 spiro atoms. The molecule has 0 heterocycles. The Kier molecular flexibility index (Phi) is 11.7. The number of carbonyl (C=O) groups excluding carboxylic acids is 1. The van der Waals surface area contributed by atoms with Crippen LogP contribution in [0.4, 0.5) is 0 Å². The molecular formula is C21H29IN4O2. The van der Waals surface area contributed by atoms with Crippen LogP contribution in [0.5, 0.6) is 5.75 Å². The number of carbonyl (C=O) groups is 1. The molecule has 0 aliphatic carbocycles. The van der Waals surface area contributed by atoms with E-state index >= 15 is 0 Å². The average molecular weight is 496 g/mol. The fraction of sp³-hybridized carbons (Fsp3) is 0.333. The summed E-state index contributed by atoms with van der Waals surface area (Å²) < 4.78 is 5.73.